The largest absolute Gasteiger partial charge is 0.289 e. The molecule has 0 aliphatic heterocycles. The predicted molar refractivity (Wildman–Crippen MR) is 68.3 cm³/mol. The predicted octanol–water partition coefficient (Wildman–Crippen LogP) is 2.05. The molecule has 4 heteroatoms. The maximum atomic E-state index is 5.92. The first-order valence-electron chi connectivity index (χ1n) is 5.09. The molecule has 0 aromatic heterocycles. The summed E-state index contributed by atoms with van der Waals surface area (Å²) >= 11 is 0. The van der Waals surface area contributed by atoms with Gasteiger partial charge < -0.3 is 0 Å². The summed E-state index contributed by atoms with van der Waals surface area (Å²) in [5, 5.41) is 8.60. The first kappa shape index (κ1) is 12.4. The monoisotopic (exact) mass is 218 g/mol. The number of hydrogen-bond acceptors (Lipinski definition) is 3. The van der Waals surface area contributed by atoms with Gasteiger partial charge >= 0.3 is 0 Å². The van der Waals surface area contributed by atoms with Crippen molar-refractivity contribution in [3.63, 3.8) is 0 Å². The normalized spacial score (nSPS) is 11.8. The first-order chi connectivity index (χ1) is 7.48. The molecular formula is C12H18N4. The van der Waals surface area contributed by atoms with Crippen LogP contribution < -0.4 is 5.84 Å². The molecule has 2 N–H and O–H groups in total. The van der Waals surface area contributed by atoms with E-state index in [0.717, 1.165) is 5.56 Å². The van der Waals surface area contributed by atoms with Crippen LogP contribution in [0, 0.1) is 6.92 Å². The van der Waals surface area contributed by atoms with Gasteiger partial charge in [0.2, 0.25) is 0 Å². The van der Waals surface area contributed by atoms with Crippen LogP contribution in [0.4, 0.5) is 0 Å². The highest BCUT2D eigenvalue weighted by Crippen LogP contribution is 2.24. The van der Waals surface area contributed by atoms with Crippen LogP contribution in [0.1, 0.15) is 25.0 Å². The average molecular weight is 218 g/mol. The van der Waals surface area contributed by atoms with E-state index in [1.807, 2.05) is 26.0 Å². The van der Waals surface area contributed by atoms with E-state index in [0.29, 0.717) is 0 Å². The molecule has 86 valence electrons. The third-order valence-electron chi connectivity index (χ3n) is 2.63. The summed E-state index contributed by atoms with van der Waals surface area (Å²) in [7, 11) is 0. The third kappa shape index (κ3) is 2.67. The van der Waals surface area contributed by atoms with Gasteiger partial charge in [-0.05, 0) is 26.3 Å². The molecule has 1 aromatic rings. The van der Waals surface area contributed by atoms with E-state index in [4.69, 9.17) is 5.84 Å². The van der Waals surface area contributed by atoms with Gasteiger partial charge in [0.25, 0.3) is 0 Å². The van der Waals surface area contributed by atoms with Crippen LogP contribution in [0.3, 0.4) is 0 Å². The highest BCUT2D eigenvalue weighted by atomic mass is 15.5. The van der Waals surface area contributed by atoms with E-state index < -0.39 is 0 Å². The summed E-state index contributed by atoms with van der Waals surface area (Å²) < 4.78 is 0. The second-order valence-electron chi connectivity index (χ2n) is 4.21. The third-order valence-corrected chi connectivity index (χ3v) is 2.63. The van der Waals surface area contributed by atoms with E-state index in [9.17, 15) is 0 Å². The topological polar surface area (TPSA) is 54.0 Å². The van der Waals surface area contributed by atoms with Crippen molar-refractivity contribution >= 4 is 13.1 Å². The number of nitrogens with zero attached hydrogens (tertiary/aromatic N) is 3. The zero-order valence-electron chi connectivity index (χ0n) is 10.0. The highest BCUT2D eigenvalue weighted by Gasteiger charge is 2.24. The number of rotatable bonds is 4. The summed E-state index contributed by atoms with van der Waals surface area (Å²) in [6, 6.07) is 8.22. The van der Waals surface area contributed by atoms with Crippen molar-refractivity contribution in [2.24, 2.45) is 16.0 Å². The Bertz CT molecular complexity index is 396. The molecule has 0 bridgehead atoms. The fourth-order valence-electron chi connectivity index (χ4n) is 1.41. The van der Waals surface area contributed by atoms with Crippen molar-refractivity contribution < 1.29 is 0 Å². The molecule has 0 unspecified atom stereocenters. The van der Waals surface area contributed by atoms with E-state index in [-0.39, 0.29) is 5.54 Å². The van der Waals surface area contributed by atoms with Crippen molar-refractivity contribution in [3.05, 3.63) is 35.4 Å². The van der Waals surface area contributed by atoms with Gasteiger partial charge in [-0.15, -0.1) is 5.10 Å². The summed E-state index contributed by atoms with van der Waals surface area (Å²) in [6.07, 6.45) is 1.47. The number of aryl methyl sites for hydroxylation is 1. The minimum atomic E-state index is -0.333. The number of benzene rings is 1. The summed E-state index contributed by atoms with van der Waals surface area (Å²) in [5.41, 5.74) is 2.00. The minimum absolute atomic E-state index is 0.333. The standard InChI is InChI=1S/C12H18N4/c1-10-6-5-7-11(8-10)12(2,3)16(13)9-15-14-4/h5-9H,4,13H2,1-3H3/b15-9-. The van der Waals surface area contributed by atoms with Crippen LogP contribution in [0.25, 0.3) is 0 Å². The van der Waals surface area contributed by atoms with E-state index in [1.165, 1.54) is 16.9 Å². The minimum Gasteiger partial charge on any atom is -0.289 e. The smallest absolute Gasteiger partial charge is 0.128 e. The number of hydrazine groups is 1. The molecular weight excluding hydrogens is 200 g/mol. The summed E-state index contributed by atoms with van der Waals surface area (Å²) in [5.74, 6) is 5.92. The second kappa shape index (κ2) is 4.90. The average Bonchev–Trinajstić information content (AvgIpc) is 2.25. The van der Waals surface area contributed by atoms with Gasteiger partial charge in [0.05, 0.1) is 5.54 Å². The van der Waals surface area contributed by atoms with Gasteiger partial charge in [0.15, 0.2) is 0 Å². The fraction of sp³-hybridized carbons (Fsp3) is 0.333. The zero-order chi connectivity index (χ0) is 12.2. The quantitative estimate of drug-likeness (QED) is 0.364. The van der Waals surface area contributed by atoms with Gasteiger partial charge in [-0.25, -0.2) is 5.84 Å². The second-order valence-corrected chi connectivity index (χ2v) is 4.21. The fourth-order valence-corrected chi connectivity index (χ4v) is 1.41. The SMILES string of the molecule is C=N/N=C\N(N)C(C)(C)c1cccc(C)c1. The molecule has 0 radical (unpaired) electrons. The molecule has 16 heavy (non-hydrogen) atoms. The number of nitrogens with two attached hydrogens (primary N) is 1. The summed E-state index contributed by atoms with van der Waals surface area (Å²) in [6.45, 7) is 9.38. The lowest BCUT2D eigenvalue weighted by Crippen LogP contribution is -2.45. The molecule has 0 amide bonds. The van der Waals surface area contributed by atoms with E-state index in [2.05, 4.69) is 36.0 Å². The molecule has 0 saturated carbocycles. The molecule has 0 fully saturated rings. The van der Waals surface area contributed by atoms with E-state index >= 15 is 0 Å². The van der Waals surface area contributed by atoms with Crippen LogP contribution in [-0.4, -0.2) is 18.1 Å². The van der Waals surface area contributed by atoms with E-state index in [1.54, 1.807) is 0 Å². The lowest BCUT2D eigenvalue weighted by molar-refractivity contribution is 0.229. The Morgan fingerprint density at radius 3 is 2.69 bits per heavy atom. The van der Waals surface area contributed by atoms with Crippen molar-refractivity contribution in [2.75, 3.05) is 0 Å². The van der Waals surface area contributed by atoms with Crippen LogP contribution in [-0.2, 0) is 5.54 Å². The Kier molecular flexibility index (Phi) is 3.79. The highest BCUT2D eigenvalue weighted by molar-refractivity contribution is 5.56. The maximum Gasteiger partial charge on any atom is 0.128 e. The first-order valence-corrected chi connectivity index (χ1v) is 5.09. The molecule has 0 heterocycles. The zero-order valence-corrected chi connectivity index (χ0v) is 10.0. The van der Waals surface area contributed by atoms with Crippen molar-refractivity contribution in [3.8, 4) is 0 Å². The van der Waals surface area contributed by atoms with Crippen molar-refractivity contribution in [1.29, 1.82) is 0 Å². The van der Waals surface area contributed by atoms with Crippen LogP contribution in [0.5, 0.6) is 0 Å². The Hall–Kier alpha value is -1.68. The molecule has 1 aromatic carbocycles. The van der Waals surface area contributed by atoms with Crippen molar-refractivity contribution in [2.45, 2.75) is 26.3 Å². The van der Waals surface area contributed by atoms with Gasteiger partial charge in [-0.3, -0.25) is 5.01 Å². The maximum absolute atomic E-state index is 5.92. The van der Waals surface area contributed by atoms with Crippen LogP contribution in [0.2, 0.25) is 0 Å². The van der Waals surface area contributed by atoms with Crippen LogP contribution in [0.15, 0.2) is 34.5 Å². The molecule has 1 rings (SSSR count). The Morgan fingerprint density at radius 2 is 2.12 bits per heavy atom. The van der Waals surface area contributed by atoms with Gasteiger partial charge in [-0.1, -0.05) is 29.8 Å². The lowest BCUT2D eigenvalue weighted by Gasteiger charge is -2.33. The Morgan fingerprint density at radius 1 is 1.44 bits per heavy atom. The van der Waals surface area contributed by atoms with Crippen molar-refractivity contribution in [1.82, 2.24) is 5.01 Å². The van der Waals surface area contributed by atoms with Gasteiger partial charge in [0, 0.05) is 6.72 Å². The molecule has 4 nitrogen and oxygen atoms in total. The van der Waals surface area contributed by atoms with Crippen LogP contribution >= 0.6 is 0 Å². The molecule has 0 atom stereocenters. The number of hydrogen-bond donors (Lipinski definition) is 1. The molecule has 0 aliphatic rings. The Labute approximate surface area is 96.5 Å². The molecule has 0 spiro atoms. The molecule has 0 aliphatic carbocycles. The summed E-state index contributed by atoms with van der Waals surface area (Å²) in [4.78, 5) is 0. The molecule has 0 saturated heterocycles. The Balaban J connectivity index is 3.00. The van der Waals surface area contributed by atoms with Gasteiger partial charge in [0.1, 0.15) is 6.34 Å². The van der Waals surface area contributed by atoms with Gasteiger partial charge in [-0.2, -0.15) is 5.10 Å². The lowest BCUT2D eigenvalue weighted by atomic mass is 9.93.